The van der Waals surface area contributed by atoms with Crippen molar-refractivity contribution in [1.82, 2.24) is 9.97 Å². The van der Waals surface area contributed by atoms with Crippen LogP contribution in [-0.2, 0) is 5.41 Å². The molecule has 268 valence electrons. The van der Waals surface area contributed by atoms with Crippen LogP contribution < -0.4 is 49.2 Å². The van der Waals surface area contributed by atoms with E-state index in [-0.39, 0.29) is 65.7 Å². The molecule has 2 nitrogen and oxygen atoms in total. The minimum Gasteiger partial charge on any atom is -0.228 e. The molecule has 0 atom stereocenters. The van der Waals surface area contributed by atoms with Crippen molar-refractivity contribution in [2.45, 2.75) is 19.3 Å². The van der Waals surface area contributed by atoms with Gasteiger partial charge in [-0.05, 0) is 95.9 Å². The molecule has 0 amide bonds. The van der Waals surface area contributed by atoms with Crippen molar-refractivity contribution in [3.05, 3.63) is 139 Å². The van der Waals surface area contributed by atoms with Crippen molar-refractivity contribution in [2.24, 2.45) is 0 Å². The van der Waals surface area contributed by atoms with Gasteiger partial charge in [-0.2, -0.15) is 0 Å². The summed E-state index contributed by atoms with van der Waals surface area (Å²) in [5, 5.41) is 4.54. The Bertz CT molecular complexity index is 3350. The molecule has 8 aromatic carbocycles. The number of aromatic nitrogens is 2. The van der Waals surface area contributed by atoms with Gasteiger partial charge in [-0.1, -0.05) is 144 Å². The number of nitrogens with zero attached hydrogens (tertiary/aromatic N) is 2. The Morgan fingerprint density at radius 2 is 0.839 bits per heavy atom. The zero-order valence-corrected chi connectivity index (χ0v) is 34.2. The highest BCUT2D eigenvalue weighted by atomic mass is 14.9. The number of hydrogen-bond acceptors (Lipinski definition) is 2. The molecule has 0 N–H and O–H groups in total. The summed E-state index contributed by atoms with van der Waals surface area (Å²) >= 11 is 0. The van der Waals surface area contributed by atoms with E-state index in [1.165, 1.54) is 33.0 Å². The molecule has 0 saturated carbocycles. The van der Waals surface area contributed by atoms with Gasteiger partial charge in [0.1, 0.15) is 70.6 Å². The maximum Gasteiger partial charge on any atom is 0.160 e. The fraction of sp³-hybridized carbons (Fsp3) is 0.0588. The van der Waals surface area contributed by atoms with E-state index < -0.39 is 0 Å². The zero-order chi connectivity index (χ0) is 43.4. The third-order valence-corrected chi connectivity index (χ3v) is 12.7. The average Bonchev–Trinajstić information content (AvgIpc) is 3.51. The van der Waals surface area contributed by atoms with Crippen molar-refractivity contribution in [2.75, 3.05) is 0 Å². The molecule has 11 heteroatoms. The Morgan fingerprint density at radius 3 is 1.52 bits per heavy atom. The highest BCUT2D eigenvalue weighted by Crippen LogP contribution is 2.51. The van der Waals surface area contributed by atoms with Gasteiger partial charge >= 0.3 is 0 Å². The maximum absolute atomic E-state index is 7.06. The third-order valence-electron chi connectivity index (χ3n) is 12.7. The molecular formula is C51H27B9N2. The Hall–Kier alpha value is -6.06. The Kier molecular flexibility index (Phi) is 9.56. The van der Waals surface area contributed by atoms with E-state index in [1.807, 2.05) is 42.5 Å². The second kappa shape index (κ2) is 14.8. The molecular weight excluding hydrogens is 738 g/mol. The van der Waals surface area contributed by atoms with E-state index in [2.05, 4.69) is 98.8 Å². The topological polar surface area (TPSA) is 25.8 Å². The lowest BCUT2D eigenvalue weighted by molar-refractivity contribution is 0.661. The van der Waals surface area contributed by atoms with Crippen LogP contribution in [0.3, 0.4) is 0 Å². The van der Waals surface area contributed by atoms with Crippen molar-refractivity contribution < 1.29 is 0 Å². The molecule has 0 spiro atoms. The van der Waals surface area contributed by atoms with E-state index in [0.717, 1.165) is 33.0 Å². The van der Waals surface area contributed by atoms with Crippen LogP contribution in [0.1, 0.15) is 25.0 Å². The van der Waals surface area contributed by atoms with Gasteiger partial charge in [0.25, 0.3) is 0 Å². The number of hydrogen-bond donors (Lipinski definition) is 0. The van der Waals surface area contributed by atoms with Crippen LogP contribution >= 0.6 is 0 Å². The van der Waals surface area contributed by atoms with Crippen LogP contribution in [0.2, 0.25) is 0 Å². The maximum atomic E-state index is 7.06. The molecule has 0 unspecified atom stereocenters. The quantitative estimate of drug-likeness (QED) is 0.252. The van der Waals surface area contributed by atoms with Crippen molar-refractivity contribution in [1.29, 1.82) is 0 Å². The predicted octanol–water partition coefficient (Wildman–Crippen LogP) is 2.57. The molecule has 1 heterocycles. The third kappa shape index (κ3) is 6.06. The fourth-order valence-corrected chi connectivity index (χ4v) is 9.29. The first-order valence-electron chi connectivity index (χ1n) is 20.2. The molecule has 0 bridgehead atoms. The van der Waals surface area contributed by atoms with Gasteiger partial charge in [0.2, 0.25) is 0 Å². The van der Waals surface area contributed by atoms with Gasteiger partial charge < -0.3 is 0 Å². The summed E-state index contributed by atoms with van der Waals surface area (Å²) in [6.45, 7) is 4.63. The van der Waals surface area contributed by atoms with E-state index in [1.54, 1.807) is 0 Å². The van der Waals surface area contributed by atoms with Crippen LogP contribution in [0.4, 0.5) is 0 Å². The first-order chi connectivity index (χ1) is 29.8. The van der Waals surface area contributed by atoms with Gasteiger partial charge in [0.15, 0.2) is 5.82 Å². The molecule has 9 aromatic rings. The van der Waals surface area contributed by atoms with E-state index in [9.17, 15) is 0 Å². The summed E-state index contributed by atoms with van der Waals surface area (Å²) in [6.07, 6.45) is 0. The van der Waals surface area contributed by atoms with E-state index in [0.29, 0.717) is 22.8 Å². The summed E-state index contributed by atoms with van der Waals surface area (Å²) in [6, 6.07) is 44.2. The van der Waals surface area contributed by atoms with Crippen LogP contribution in [0.25, 0.3) is 88.8 Å². The normalized spacial score (nSPS) is 12.7. The lowest BCUT2D eigenvalue weighted by Gasteiger charge is -2.28. The smallest absolute Gasteiger partial charge is 0.160 e. The standard InChI is InChI=1S/C51H27B9N2/c1-51(2)34-22-27(16-17-31(34)33-20-25-12-6-7-13-26(25)21-35(33)51)28-18-19-32(30-15-9-8-14-29(28)30)36-23-37(62-50(61-36)24-10-4-3-5-11-24)38-41(52)39(43(54)46(57)42(38)53)40-44(55)47(58)49(60)48(59)45(40)56/h3-23H,1-2H3. The van der Waals surface area contributed by atoms with Crippen molar-refractivity contribution in [3.63, 3.8) is 0 Å². The number of benzene rings is 8. The molecule has 18 radical (unpaired) electrons. The molecule has 1 aromatic heterocycles. The fourth-order valence-electron chi connectivity index (χ4n) is 9.29. The highest BCUT2D eigenvalue weighted by Gasteiger charge is 2.36. The Morgan fingerprint density at radius 1 is 0.355 bits per heavy atom. The molecule has 0 saturated heterocycles. The SMILES string of the molecule is [B]c1c([B])c([B])c(-c2c([B])c([B])c([B])c(-c3cc(-c4ccc(-c5ccc6c(c5)C(C)(C)c5cc7ccccc7cc5-6)c5ccccc45)nc(-c4ccccc4)n3)c2[B])c([B])c1[B]. The summed E-state index contributed by atoms with van der Waals surface area (Å²) in [5.74, 6) is 0.440. The molecule has 1 aliphatic rings. The first-order valence-corrected chi connectivity index (χ1v) is 20.2. The molecule has 10 rings (SSSR count). The van der Waals surface area contributed by atoms with Gasteiger partial charge in [-0.3, -0.25) is 0 Å². The highest BCUT2D eigenvalue weighted by molar-refractivity contribution is 6.70. The molecule has 62 heavy (non-hydrogen) atoms. The molecule has 0 fully saturated rings. The van der Waals surface area contributed by atoms with Crippen molar-refractivity contribution in [3.8, 4) is 67.3 Å². The minimum atomic E-state index is -0.189. The Balaban J connectivity index is 1.16. The van der Waals surface area contributed by atoms with Crippen LogP contribution in [0.5, 0.6) is 0 Å². The predicted molar refractivity (Wildman–Crippen MR) is 270 cm³/mol. The first kappa shape index (κ1) is 40.0. The van der Waals surface area contributed by atoms with E-state index >= 15 is 0 Å². The van der Waals surface area contributed by atoms with Crippen LogP contribution in [0.15, 0.2) is 127 Å². The largest absolute Gasteiger partial charge is 0.228 e. The van der Waals surface area contributed by atoms with Gasteiger partial charge in [0.05, 0.1) is 11.4 Å². The van der Waals surface area contributed by atoms with E-state index in [4.69, 9.17) is 80.6 Å². The summed E-state index contributed by atoms with van der Waals surface area (Å²) in [5.41, 5.74) is 11.2. The van der Waals surface area contributed by atoms with Crippen LogP contribution in [-0.4, -0.2) is 80.6 Å². The lowest BCUT2D eigenvalue weighted by atomic mass is 9.56. The molecule has 0 aliphatic heterocycles. The second-order valence-corrected chi connectivity index (χ2v) is 16.5. The average molecular weight is 765 g/mol. The monoisotopic (exact) mass is 766 g/mol. The summed E-state index contributed by atoms with van der Waals surface area (Å²) < 4.78 is 0. The number of rotatable bonds is 5. The number of fused-ring (bicyclic) bond motifs is 5. The summed E-state index contributed by atoms with van der Waals surface area (Å²) in [7, 11) is 59.0. The zero-order valence-electron chi connectivity index (χ0n) is 34.2. The van der Waals surface area contributed by atoms with Crippen molar-refractivity contribution >= 4 is 141 Å². The van der Waals surface area contributed by atoms with Crippen LogP contribution in [0, 0.1) is 0 Å². The lowest BCUT2D eigenvalue weighted by Crippen LogP contribution is -2.57. The minimum absolute atomic E-state index is 0.0378. The van der Waals surface area contributed by atoms with Gasteiger partial charge in [-0.15, -0.1) is 21.9 Å². The van der Waals surface area contributed by atoms with Gasteiger partial charge in [0, 0.05) is 16.5 Å². The molecule has 1 aliphatic carbocycles. The Labute approximate surface area is 374 Å². The second-order valence-electron chi connectivity index (χ2n) is 16.5. The van der Waals surface area contributed by atoms with Gasteiger partial charge in [-0.25, -0.2) is 9.97 Å². The summed E-state index contributed by atoms with van der Waals surface area (Å²) in [4.78, 5) is 10.2.